The van der Waals surface area contributed by atoms with Crippen molar-refractivity contribution in [1.29, 1.82) is 0 Å². The van der Waals surface area contributed by atoms with Gasteiger partial charge in [0, 0.05) is 34.5 Å². The number of carbonyl (C=O) groups is 1. The van der Waals surface area contributed by atoms with Gasteiger partial charge in [0.2, 0.25) is 18.5 Å². The van der Waals surface area contributed by atoms with E-state index in [4.69, 9.17) is 32.7 Å². The number of alkyl halides is 2. The molecule has 32 heavy (non-hydrogen) atoms. The summed E-state index contributed by atoms with van der Waals surface area (Å²) in [4.78, 5) is 24.5. The molecule has 0 bridgehead atoms. The maximum Gasteiger partial charge on any atom is 0.387 e. The summed E-state index contributed by atoms with van der Waals surface area (Å²) in [6, 6.07) is 2.39. The number of allylic oxidation sites excluding steroid dienone is 2. The van der Waals surface area contributed by atoms with Crippen molar-refractivity contribution in [3.05, 3.63) is 44.4 Å². The van der Waals surface area contributed by atoms with Crippen LogP contribution in [0.1, 0.15) is 29.6 Å². The molecule has 0 aliphatic carbocycles. The van der Waals surface area contributed by atoms with Crippen molar-refractivity contribution in [2.45, 2.75) is 31.7 Å². The first kappa shape index (κ1) is 22.9. The zero-order chi connectivity index (χ0) is 23.3. The Labute approximate surface area is 191 Å². The lowest BCUT2D eigenvalue weighted by atomic mass is 10.00. The van der Waals surface area contributed by atoms with Crippen LogP contribution in [0, 0.1) is 4.91 Å². The van der Waals surface area contributed by atoms with Crippen molar-refractivity contribution in [1.82, 2.24) is 0 Å². The van der Waals surface area contributed by atoms with Crippen LogP contribution in [0.5, 0.6) is 17.2 Å². The molecule has 0 radical (unpaired) electrons. The molecule has 1 aromatic rings. The predicted octanol–water partition coefficient (Wildman–Crippen LogP) is 3.90. The van der Waals surface area contributed by atoms with E-state index in [1.807, 2.05) is 0 Å². The van der Waals surface area contributed by atoms with Crippen molar-refractivity contribution in [2.75, 3.05) is 18.1 Å². The van der Waals surface area contributed by atoms with E-state index in [2.05, 4.69) is 4.74 Å². The monoisotopic (exact) mass is 510 g/mol. The fourth-order valence-electron chi connectivity index (χ4n) is 3.64. The van der Waals surface area contributed by atoms with Crippen LogP contribution >= 0.6 is 23.2 Å². The Hall–Kier alpha value is -2.24. The number of ketones is 1. The molecule has 1 spiro atoms. The molecule has 0 aromatic heterocycles. The second-order valence-corrected chi connectivity index (χ2v) is 10.6. The topological polar surface area (TPSA) is 99.0 Å². The number of benzene rings is 1. The lowest BCUT2D eigenvalue weighted by molar-refractivity contribution is -0.470. The molecule has 172 valence electrons. The van der Waals surface area contributed by atoms with Gasteiger partial charge < -0.3 is 14.2 Å². The van der Waals surface area contributed by atoms with Crippen LogP contribution in [0.15, 0.2) is 34.0 Å². The van der Waals surface area contributed by atoms with Crippen molar-refractivity contribution >= 4 is 38.8 Å². The number of sulfone groups is 1. The van der Waals surface area contributed by atoms with Crippen LogP contribution in [0.2, 0.25) is 0 Å². The van der Waals surface area contributed by atoms with Gasteiger partial charge in [-0.15, -0.1) is 0 Å². The SMILES string of the molecule is O=C(CC1=C(Cl)C[N+](=O)C=C1Cl)c1ccc(OC(F)F)c2c1OC1(CCS(=O)(=O)CC1)O2. The molecule has 0 amide bonds. The zero-order valence-electron chi connectivity index (χ0n) is 16.3. The van der Waals surface area contributed by atoms with E-state index in [1.165, 1.54) is 6.07 Å². The van der Waals surface area contributed by atoms with E-state index in [1.54, 1.807) is 0 Å². The lowest BCUT2D eigenvalue weighted by Gasteiger charge is -2.31. The van der Waals surface area contributed by atoms with E-state index >= 15 is 0 Å². The van der Waals surface area contributed by atoms with Gasteiger partial charge in [0.25, 0.3) is 5.79 Å². The summed E-state index contributed by atoms with van der Waals surface area (Å²) in [5.41, 5.74) is 0.252. The van der Waals surface area contributed by atoms with E-state index in [0.29, 0.717) is 4.76 Å². The largest absolute Gasteiger partial charge is 0.447 e. The molecule has 0 saturated carbocycles. The highest BCUT2D eigenvalue weighted by Crippen LogP contribution is 2.52. The Kier molecular flexibility index (Phi) is 5.93. The number of halogens is 4. The number of Topliss-reactive ketones (excluding diaryl/α,β-unsaturated/α-hetero) is 1. The molecule has 13 heteroatoms. The molecule has 0 unspecified atom stereocenters. The lowest BCUT2D eigenvalue weighted by Crippen LogP contribution is -2.46. The molecular weight excluding hydrogens is 495 g/mol. The summed E-state index contributed by atoms with van der Waals surface area (Å²) in [7, 11) is -3.27. The Balaban J connectivity index is 1.68. The predicted molar refractivity (Wildman–Crippen MR) is 109 cm³/mol. The average molecular weight is 511 g/mol. The fourth-order valence-corrected chi connectivity index (χ4v) is 5.72. The number of hydrogen-bond donors (Lipinski definition) is 0. The minimum absolute atomic E-state index is 0.00194. The van der Waals surface area contributed by atoms with Crippen LogP contribution in [-0.2, 0) is 9.84 Å². The Morgan fingerprint density at radius 2 is 1.84 bits per heavy atom. The first-order chi connectivity index (χ1) is 15.0. The van der Waals surface area contributed by atoms with Crippen molar-refractivity contribution in [3.63, 3.8) is 0 Å². The molecular formula is C19H16Cl2F2NO7S+. The Bertz CT molecular complexity index is 1170. The number of rotatable bonds is 5. The van der Waals surface area contributed by atoms with Crippen LogP contribution in [-0.4, -0.2) is 49.4 Å². The molecule has 8 nitrogen and oxygen atoms in total. The summed E-state index contributed by atoms with van der Waals surface area (Å²) < 4.78 is 66.0. The van der Waals surface area contributed by atoms with Gasteiger partial charge in [-0.1, -0.05) is 23.2 Å². The maximum absolute atomic E-state index is 13.1. The number of carbonyl (C=O) groups excluding carboxylic acids is 1. The van der Waals surface area contributed by atoms with Crippen LogP contribution < -0.4 is 14.2 Å². The minimum Gasteiger partial charge on any atom is -0.447 e. The third-order valence-corrected chi connectivity index (χ3v) is 7.59. The average Bonchev–Trinajstić information content (AvgIpc) is 3.07. The summed E-state index contributed by atoms with van der Waals surface area (Å²) in [6.45, 7) is -3.32. The highest BCUT2D eigenvalue weighted by molar-refractivity contribution is 7.91. The quantitative estimate of drug-likeness (QED) is 0.437. The Morgan fingerprint density at radius 1 is 1.19 bits per heavy atom. The van der Waals surface area contributed by atoms with Crippen molar-refractivity contribution in [3.8, 4) is 17.2 Å². The Morgan fingerprint density at radius 3 is 2.47 bits per heavy atom. The minimum atomic E-state index is -3.27. The molecule has 3 aliphatic rings. The zero-order valence-corrected chi connectivity index (χ0v) is 18.6. The summed E-state index contributed by atoms with van der Waals surface area (Å²) in [5.74, 6) is -3.03. The molecule has 1 fully saturated rings. The van der Waals surface area contributed by atoms with Gasteiger partial charge in [-0.05, 0) is 12.1 Å². The van der Waals surface area contributed by atoms with Gasteiger partial charge in [0.1, 0.15) is 5.03 Å². The van der Waals surface area contributed by atoms with Crippen LogP contribution in [0.4, 0.5) is 8.78 Å². The summed E-state index contributed by atoms with van der Waals surface area (Å²) in [5, 5.41) is 0.103. The maximum atomic E-state index is 13.1. The van der Waals surface area contributed by atoms with Crippen LogP contribution in [0.3, 0.4) is 0 Å². The second-order valence-electron chi connectivity index (χ2n) is 7.45. The van der Waals surface area contributed by atoms with E-state index < -0.39 is 28.0 Å². The first-order valence-corrected chi connectivity index (χ1v) is 12.0. The smallest absolute Gasteiger partial charge is 0.387 e. The van der Waals surface area contributed by atoms with Crippen LogP contribution in [0.25, 0.3) is 0 Å². The van der Waals surface area contributed by atoms with Gasteiger partial charge in [-0.25, -0.2) is 8.42 Å². The van der Waals surface area contributed by atoms with Gasteiger partial charge in [0.05, 0.1) is 22.1 Å². The highest BCUT2D eigenvalue weighted by Gasteiger charge is 2.49. The molecule has 0 atom stereocenters. The summed E-state index contributed by atoms with van der Waals surface area (Å²) >= 11 is 12.1. The second kappa shape index (κ2) is 8.27. The standard InChI is InChI=1S/C19H16Cl2F2NO7S/c20-12-8-24(26)9-13(21)11(12)7-14(25)10-1-2-15(29-18(22)23)17-16(10)30-19(31-17)3-5-32(27,28)6-4-19/h1-2,8,18H,3-7,9H2/q+1. The fraction of sp³-hybridized carbons (Fsp3) is 0.421. The normalized spacial score (nSPS) is 21.2. The van der Waals surface area contributed by atoms with Gasteiger partial charge in [-0.3, -0.25) is 4.79 Å². The number of nitroso groups, excluding NO2 is 1. The molecule has 4 rings (SSSR count). The highest BCUT2D eigenvalue weighted by atomic mass is 35.5. The molecule has 0 N–H and O–H groups in total. The third-order valence-electron chi connectivity index (χ3n) is 5.26. The van der Waals surface area contributed by atoms with E-state index in [9.17, 15) is 26.9 Å². The van der Waals surface area contributed by atoms with Gasteiger partial charge in [-0.2, -0.15) is 8.78 Å². The van der Waals surface area contributed by atoms with Crippen molar-refractivity contribution < 1.29 is 41.0 Å². The molecule has 3 heterocycles. The van der Waals surface area contributed by atoms with E-state index in [-0.39, 0.29) is 75.8 Å². The van der Waals surface area contributed by atoms with Gasteiger partial charge in [0.15, 0.2) is 27.1 Å². The number of hydrogen-bond acceptors (Lipinski definition) is 7. The molecule has 3 aliphatic heterocycles. The van der Waals surface area contributed by atoms with Gasteiger partial charge >= 0.3 is 6.61 Å². The van der Waals surface area contributed by atoms with Crippen molar-refractivity contribution in [2.24, 2.45) is 0 Å². The third kappa shape index (κ3) is 4.46. The first-order valence-electron chi connectivity index (χ1n) is 9.41. The molecule has 1 aromatic carbocycles. The number of nitrogens with zero attached hydrogens (tertiary/aromatic N) is 1. The molecule has 1 saturated heterocycles. The summed E-state index contributed by atoms with van der Waals surface area (Å²) in [6.07, 6.45) is 0.721. The number of fused-ring (bicyclic) bond motifs is 1. The van der Waals surface area contributed by atoms with E-state index in [0.717, 1.165) is 12.3 Å². The number of ether oxygens (including phenoxy) is 3.